The van der Waals surface area contributed by atoms with Gasteiger partial charge in [-0.05, 0) is 37.5 Å². The molecule has 1 heteroatoms. The van der Waals surface area contributed by atoms with Gasteiger partial charge >= 0.3 is 0 Å². The molecule has 1 rings (SSSR count). The number of aliphatic hydroxyl groups is 1. The van der Waals surface area contributed by atoms with E-state index in [9.17, 15) is 5.11 Å². The van der Waals surface area contributed by atoms with Gasteiger partial charge in [0.1, 0.15) is 0 Å². The van der Waals surface area contributed by atoms with Crippen LogP contribution >= 0.6 is 0 Å². The standard InChI is InChI=1S/C14H28O/c1-4-6-7-13(5-2)11-14(15)9-8-12(3)10-14/h12-13,15H,4-11H2,1-3H3. The molecule has 0 saturated heterocycles. The lowest BCUT2D eigenvalue weighted by molar-refractivity contribution is 0.0168. The molecule has 1 nitrogen and oxygen atoms in total. The minimum Gasteiger partial charge on any atom is -0.390 e. The first-order valence-corrected chi connectivity index (χ1v) is 6.82. The van der Waals surface area contributed by atoms with Crippen LogP contribution < -0.4 is 0 Å². The van der Waals surface area contributed by atoms with Crippen LogP contribution in [0.15, 0.2) is 0 Å². The normalized spacial score (nSPS) is 33.2. The van der Waals surface area contributed by atoms with Crippen molar-refractivity contribution in [2.75, 3.05) is 0 Å². The average molecular weight is 212 g/mol. The van der Waals surface area contributed by atoms with Crippen molar-refractivity contribution in [3.8, 4) is 0 Å². The Morgan fingerprint density at radius 3 is 2.60 bits per heavy atom. The summed E-state index contributed by atoms with van der Waals surface area (Å²) in [7, 11) is 0. The second kappa shape index (κ2) is 5.89. The maximum Gasteiger partial charge on any atom is 0.0653 e. The number of hydrogen-bond donors (Lipinski definition) is 1. The third-order valence-electron chi connectivity index (χ3n) is 4.04. The van der Waals surface area contributed by atoms with Crippen LogP contribution in [0.5, 0.6) is 0 Å². The lowest BCUT2D eigenvalue weighted by Crippen LogP contribution is -2.28. The Balaban J connectivity index is 2.36. The molecule has 15 heavy (non-hydrogen) atoms. The van der Waals surface area contributed by atoms with Crippen LogP contribution in [-0.2, 0) is 0 Å². The summed E-state index contributed by atoms with van der Waals surface area (Å²) in [5.41, 5.74) is -0.312. The van der Waals surface area contributed by atoms with Gasteiger partial charge in [-0.1, -0.05) is 46.5 Å². The zero-order valence-corrected chi connectivity index (χ0v) is 10.8. The molecule has 0 bridgehead atoms. The molecule has 0 radical (unpaired) electrons. The molecule has 1 aliphatic rings. The van der Waals surface area contributed by atoms with Crippen molar-refractivity contribution in [3.05, 3.63) is 0 Å². The van der Waals surface area contributed by atoms with E-state index in [0.717, 1.165) is 31.1 Å². The van der Waals surface area contributed by atoms with Gasteiger partial charge in [0.25, 0.3) is 0 Å². The highest BCUT2D eigenvalue weighted by Gasteiger charge is 2.36. The molecule has 1 aliphatic carbocycles. The molecule has 0 aliphatic heterocycles. The molecule has 90 valence electrons. The molecule has 3 unspecified atom stereocenters. The van der Waals surface area contributed by atoms with E-state index in [0.29, 0.717) is 0 Å². The Morgan fingerprint density at radius 2 is 2.13 bits per heavy atom. The van der Waals surface area contributed by atoms with Gasteiger partial charge in [-0.25, -0.2) is 0 Å². The van der Waals surface area contributed by atoms with Crippen molar-refractivity contribution in [1.82, 2.24) is 0 Å². The second-order valence-electron chi connectivity index (χ2n) is 5.69. The van der Waals surface area contributed by atoms with Crippen molar-refractivity contribution < 1.29 is 5.11 Å². The summed E-state index contributed by atoms with van der Waals surface area (Å²) in [5.74, 6) is 1.49. The predicted octanol–water partition coefficient (Wildman–Crippen LogP) is 4.14. The first kappa shape index (κ1) is 13.0. The van der Waals surface area contributed by atoms with Crippen LogP contribution in [0.25, 0.3) is 0 Å². The van der Waals surface area contributed by atoms with Crippen molar-refractivity contribution in [2.45, 2.75) is 77.7 Å². The lowest BCUT2D eigenvalue weighted by Gasteiger charge is -2.27. The van der Waals surface area contributed by atoms with E-state index in [4.69, 9.17) is 0 Å². The summed E-state index contributed by atoms with van der Waals surface area (Å²) in [6.07, 6.45) is 9.50. The number of hydrogen-bond acceptors (Lipinski definition) is 1. The van der Waals surface area contributed by atoms with Gasteiger partial charge < -0.3 is 5.11 Å². The Hall–Kier alpha value is -0.0400. The van der Waals surface area contributed by atoms with Crippen LogP contribution in [0.2, 0.25) is 0 Å². The molecular weight excluding hydrogens is 184 g/mol. The molecule has 0 aromatic rings. The summed E-state index contributed by atoms with van der Waals surface area (Å²) >= 11 is 0. The van der Waals surface area contributed by atoms with Crippen molar-refractivity contribution in [2.24, 2.45) is 11.8 Å². The molecule has 1 N–H and O–H groups in total. The Morgan fingerprint density at radius 1 is 1.40 bits per heavy atom. The van der Waals surface area contributed by atoms with Crippen molar-refractivity contribution in [3.63, 3.8) is 0 Å². The topological polar surface area (TPSA) is 20.2 Å². The van der Waals surface area contributed by atoms with Gasteiger partial charge in [0.15, 0.2) is 0 Å². The lowest BCUT2D eigenvalue weighted by atomic mass is 9.84. The third kappa shape index (κ3) is 4.14. The smallest absolute Gasteiger partial charge is 0.0653 e. The molecule has 1 saturated carbocycles. The Kier molecular flexibility index (Phi) is 5.11. The summed E-state index contributed by atoms with van der Waals surface area (Å²) in [6.45, 7) is 6.78. The fraction of sp³-hybridized carbons (Fsp3) is 1.00. The minimum atomic E-state index is -0.312. The fourth-order valence-corrected chi connectivity index (χ4v) is 3.03. The first-order valence-electron chi connectivity index (χ1n) is 6.82. The average Bonchev–Trinajstić information content (AvgIpc) is 2.53. The molecule has 0 spiro atoms. The molecule has 3 atom stereocenters. The number of rotatable bonds is 6. The van der Waals surface area contributed by atoms with E-state index in [2.05, 4.69) is 20.8 Å². The van der Waals surface area contributed by atoms with E-state index in [1.165, 1.54) is 32.1 Å². The maximum absolute atomic E-state index is 10.5. The van der Waals surface area contributed by atoms with Gasteiger partial charge in [0, 0.05) is 0 Å². The molecule has 0 aromatic heterocycles. The van der Waals surface area contributed by atoms with Gasteiger partial charge in [-0.15, -0.1) is 0 Å². The van der Waals surface area contributed by atoms with E-state index in [1.807, 2.05) is 0 Å². The number of unbranched alkanes of at least 4 members (excludes halogenated alkanes) is 1. The quantitative estimate of drug-likeness (QED) is 0.701. The molecule has 1 fully saturated rings. The second-order valence-corrected chi connectivity index (χ2v) is 5.69. The van der Waals surface area contributed by atoms with E-state index >= 15 is 0 Å². The zero-order chi connectivity index (χ0) is 11.3. The summed E-state index contributed by atoms with van der Waals surface area (Å²) in [4.78, 5) is 0. The fourth-order valence-electron chi connectivity index (χ4n) is 3.03. The first-order chi connectivity index (χ1) is 7.09. The van der Waals surface area contributed by atoms with E-state index in [1.54, 1.807) is 0 Å². The highest BCUT2D eigenvalue weighted by atomic mass is 16.3. The molecule has 0 aromatic carbocycles. The Labute approximate surface area is 95.3 Å². The maximum atomic E-state index is 10.5. The predicted molar refractivity (Wildman–Crippen MR) is 65.9 cm³/mol. The monoisotopic (exact) mass is 212 g/mol. The van der Waals surface area contributed by atoms with Crippen molar-refractivity contribution in [1.29, 1.82) is 0 Å². The molecular formula is C14H28O. The van der Waals surface area contributed by atoms with Crippen LogP contribution in [0, 0.1) is 11.8 Å². The third-order valence-corrected chi connectivity index (χ3v) is 4.04. The highest BCUT2D eigenvalue weighted by Crippen LogP contribution is 2.39. The Bertz CT molecular complexity index is 178. The summed E-state index contributed by atoms with van der Waals surface area (Å²) < 4.78 is 0. The summed E-state index contributed by atoms with van der Waals surface area (Å²) in [6, 6.07) is 0. The van der Waals surface area contributed by atoms with Crippen LogP contribution in [0.4, 0.5) is 0 Å². The van der Waals surface area contributed by atoms with Gasteiger partial charge in [-0.3, -0.25) is 0 Å². The van der Waals surface area contributed by atoms with Crippen LogP contribution in [0.1, 0.15) is 72.1 Å². The van der Waals surface area contributed by atoms with Gasteiger partial charge in [-0.2, -0.15) is 0 Å². The molecule has 0 heterocycles. The minimum absolute atomic E-state index is 0.312. The van der Waals surface area contributed by atoms with Gasteiger partial charge in [0.05, 0.1) is 5.60 Å². The zero-order valence-electron chi connectivity index (χ0n) is 10.8. The largest absolute Gasteiger partial charge is 0.390 e. The van der Waals surface area contributed by atoms with Crippen LogP contribution in [0.3, 0.4) is 0 Å². The van der Waals surface area contributed by atoms with Crippen LogP contribution in [-0.4, -0.2) is 10.7 Å². The molecule has 0 amide bonds. The van der Waals surface area contributed by atoms with Gasteiger partial charge in [0.2, 0.25) is 0 Å². The van der Waals surface area contributed by atoms with Crippen molar-refractivity contribution >= 4 is 0 Å². The highest BCUT2D eigenvalue weighted by molar-refractivity contribution is 4.89. The van der Waals surface area contributed by atoms with E-state index in [-0.39, 0.29) is 5.60 Å². The SMILES string of the molecule is CCCCC(CC)CC1(O)CCC(C)C1. The van der Waals surface area contributed by atoms with E-state index < -0.39 is 0 Å². The summed E-state index contributed by atoms with van der Waals surface area (Å²) in [5, 5.41) is 10.5.